The largest absolute Gasteiger partial charge is 0.467 e. The van der Waals surface area contributed by atoms with Crippen LogP contribution in [-0.2, 0) is 13.1 Å². The molecule has 19 heavy (non-hydrogen) atoms. The molecule has 0 saturated carbocycles. The molecular formula is C13H15ClN2O2S. The van der Waals surface area contributed by atoms with Crippen LogP contribution >= 0.6 is 22.9 Å². The summed E-state index contributed by atoms with van der Waals surface area (Å²) in [5.41, 5.74) is 6.00. The van der Waals surface area contributed by atoms with Gasteiger partial charge in [0.2, 0.25) is 0 Å². The molecule has 0 atom stereocenters. The fraction of sp³-hybridized carbons (Fsp3) is 0.308. The summed E-state index contributed by atoms with van der Waals surface area (Å²) in [7, 11) is 0. The highest BCUT2D eigenvalue weighted by atomic mass is 35.5. The Morgan fingerprint density at radius 3 is 2.84 bits per heavy atom. The summed E-state index contributed by atoms with van der Waals surface area (Å²) in [5.74, 6) is 0.550. The molecule has 102 valence electrons. The number of furan rings is 1. The maximum Gasteiger partial charge on any atom is 0.257 e. The highest BCUT2D eigenvalue weighted by Gasteiger charge is 2.17. The zero-order chi connectivity index (χ0) is 13.8. The third-order valence-electron chi connectivity index (χ3n) is 2.75. The lowest BCUT2D eigenvalue weighted by atomic mass is 10.2. The number of carbonyl (C=O) groups excluding carboxylic acids is 1. The Morgan fingerprint density at radius 2 is 2.32 bits per heavy atom. The van der Waals surface area contributed by atoms with Gasteiger partial charge in [-0.1, -0.05) is 11.6 Å². The van der Waals surface area contributed by atoms with Crippen LogP contribution in [0.3, 0.4) is 0 Å². The molecule has 0 spiro atoms. The zero-order valence-corrected chi connectivity index (χ0v) is 12.1. The van der Waals surface area contributed by atoms with Crippen LogP contribution in [0.1, 0.15) is 27.9 Å². The second kappa shape index (κ2) is 6.23. The predicted molar refractivity (Wildman–Crippen MR) is 76.3 cm³/mol. The third kappa shape index (κ3) is 3.37. The van der Waals surface area contributed by atoms with Crippen molar-refractivity contribution in [3.63, 3.8) is 0 Å². The van der Waals surface area contributed by atoms with E-state index in [9.17, 15) is 4.79 Å². The van der Waals surface area contributed by atoms with Crippen molar-refractivity contribution in [2.75, 3.05) is 6.54 Å². The minimum atomic E-state index is -0.0597. The van der Waals surface area contributed by atoms with Gasteiger partial charge in [0.1, 0.15) is 12.0 Å². The van der Waals surface area contributed by atoms with Crippen LogP contribution in [-0.4, -0.2) is 17.4 Å². The molecule has 2 aromatic heterocycles. The van der Waals surface area contributed by atoms with E-state index < -0.39 is 0 Å². The van der Waals surface area contributed by atoms with Gasteiger partial charge in [-0.3, -0.25) is 4.79 Å². The Labute approximate surface area is 120 Å². The van der Waals surface area contributed by atoms with Crippen LogP contribution < -0.4 is 5.73 Å². The molecule has 1 amide bonds. The maximum atomic E-state index is 12.3. The number of thiophene rings is 1. The van der Waals surface area contributed by atoms with Crippen molar-refractivity contribution in [3.05, 3.63) is 45.0 Å². The normalized spacial score (nSPS) is 10.7. The van der Waals surface area contributed by atoms with Crippen LogP contribution in [0.15, 0.2) is 28.9 Å². The molecule has 0 unspecified atom stereocenters. The first-order valence-electron chi connectivity index (χ1n) is 5.95. The molecule has 0 aliphatic carbocycles. The maximum absolute atomic E-state index is 12.3. The van der Waals surface area contributed by atoms with Crippen molar-refractivity contribution in [3.8, 4) is 0 Å². The number of hydrogen-bond donors (Lipinski definition) is 1. The molecule has 2 rings (SSSR count). The van der Waals surface area contributed by atoms with E-state index in [-0.39, 0.29) is 5.91 Å². The van der Waals surface area contributed by atoms with Crippen LogP contribution in [0.4, 0.5) is 0 Å². The van der Waals surface area contributed by atoms with Gasteiger partial charge in [0, 0.05) is 11.4 Å². The lowest BCUT2D eigenvalue weighted by molar-refractivity contribution is 0.0753. The van der Waals surface area contributed by atoms with E-state index in [0.717, 1.165) is 9.21 Å². The lowest BCUT2D eigenvalue weighted by Crippen LogP contribution is -2.29. The van der Waals surface area contributed by atoms with E-state index in [2.05, 4.69) is 0 Å². The summed E-state index contributed by atoms with van der Waals surface area (Å²) in [6.45, 7) is 3.41. The van der Waals surface area contributed by atoms with Gasteiger partial charge in [0.15, 0.2) is 0 Å². The van der Waals surface area contributed by atoms with Gasteiger partial charge >= 0.3 is 0 Å². The Hall–Kier alpha value is -1.30. The molecule has 0 saturated heterocycles. The van der Waals surface area contributed by atoms with E-state index >= 15 is 0 Å². The van der Waals surface area contributed by atoms with E-state index in [0.29, 0.717) is 31.0 Å². The van der Waals surface area contributed by atoms with Crippen LogP contribution in [0.25, 0.3) is 0 Å². The minimum Gasteiger partial charge on any atom is -0.467 e. The Bertz CT molecular complexity index is 564. The minimum absolute atomic E-state index is 0.0597. The van der Waals surface area contributed by atoms with Gasteiger partial charge in [0.05, 0.1) is 23.0 Å². The SMILES string of the molecule is CCN(Cc1ccc(Cl)s1)C(=O)c1coc(CN)c1. The summed E-state index contributed by atoms with van der Waals surface area (Å²) in [4.78, 5) is 15.1. The standard InChI is InChI=1S/C13H15ClN2O2S/c1-2-16(7-11-3-4-12(14)19-11)13(17)9-5-10(6-15)18-8-9/h3-5,8H,2,6-7,15H2,1H3. The van der Waals surface area contributed by atoms with Crippen LogP contribution in [0.5, 0.6) is 0 Å². The van der Waals surface area contributed by atoms with Gasteiger partial charge in [0.25, 0.3) is 5.91 Å². The highest BCUT2D eigenvalue weighted by Crippen LogP contribution is 2.23. The Balaban J connectivity index is 2.10. The second-order valence-corrected chi connectivity index (χ2v) is 5.83. The van der Waals surface area contributed by atoms with Crippen molar-refractivity contribution in [2.24, 2.45) is 5.73 Å². The molecule has 2 aromatic rings. The number of nitrogens with two attached hydrogens (primary N) is 1. The first-order valence-corrected chi connectivity index (χ1v) is 7.14. The first kappa shape index (κ1) is 14.1. The van der Waals surface area contributed by atoms with Crippen molar-refractivity contribution in [2.45, 2.75) is 20.0 Å². The molecule has 0 aliphatic rings. The fourth-order valence-electron chi connectivity index (χ4n) is 1.73. The lowest BCUT2D eigenvalue weighted by Gasteiger charge is -2.19. The monoisotopic (exact) mass is 298 g/mol. The Kier molecular flexibility index (Phi) is 4.63. The topological polar surface area (TPSA) is 59.5 Å². The molecule has 0 radical (unpaired) electrons. The number of halogens is 1. The summed E-state index contributed by atoms with van der Waals surface area (Å²) >= 11 is 7.37. The molecule has 6 heteroatoms. The average molecular weight is 299 g/mol. The molecule has 2 N–H and O–H groups in total. The van der Waals surface area contributed by atoms with Crippen molar-refractivity contribution < 1.29 is 9.21 Å². The van der Waals surface area contributed by atoms with Gasteiger partial charge in [-0.05, 0) is 25.1 Å². The quantitative estimate of drug-likeness (QED) is 0.922. The highest BCUT2D eigenvalue weighted by molar-refractivity contribution is 7.16. The molecular weight excluding hydrogens is 284 g/mol. The van der Waals surface area contributed by atoms with Crippen molar-refractivity contribution >= 4 is 28.8 Å². The summed E-state index contributed by atoms with van der Waals surface area (Å²) in [6.07, 6.45) is 1.45. The smallest absolute Gasteiger partial charge is 0.257 e. The molecule has 2 heterocycles. The third-order valence-corrected chi connectivity index (χ3v) is 3.96. The van der Waals surface area contributed by atoms with Crippen LogP contribution in [0, 0.1) is 0 Å². The van der Waals surface area contributed by atoms with Gasteiger partial charge in [-0.15, -0.1) is 11.3 Å². The van der Waals surface area contributed by atoms with Crippen molar-refractivity contribution in [1.29, 1.82) is 0 Å². The number of carbonyl (C=O) groups is 1. The number of hydrogen-bond acceptors (Lipinski definition) is 4. The summed E-state index contributed by atoms with van der Waals surface area (Å²) < 4.78 is 5.92. The van der Waals surface area contributed by atoms with Gasteiger partial charge in [-0.25, -0.2) is 0 Å². The molecule has 0 aliphatic heterocycles. The molecule has 0 fully saturated rings. The Morgan fingerprint density at radius 1 is 1.53 bits per heavy atom. The van der Waals surface area contributed by atoms with Gasteiger partial charge < -0.3 is 15.1 Å². The summed E-state index contributed by atoms with van der Waals surface area (Å²) in [5, 5.41) is 0. The second-order valence-electron chi connectivity index (χ2n) is 4.03. The average Bonchev–Trinajstić information content (AvgIpc) is 3.04. The first-order chi connectivity index (χ1) is 9.13. The predicted octanol–water partition coefficient (Wildman–Crippen LogP) is 3.12. The van der Waals surface area contributed by atoms with E-state index in [1.165, 1.54) is 17.6 Å². The molecule has 0 bridgehead atoms. The molecule has 4 nitrogen and oxygen atoms in total. The zero-order valence-electron chi connectivity index (χ0n) is 10.6. The van der Waals surface area contributed by atoms with Crippen LogP contribution in [0.2, 0.25) is 4.34 Å². The fourth-order valence-corrected chi connectivity index (χ4v) is 2.84. The summed E-state index contributed by atoms with van der Waals surface area (Å²) in [6, 6.07) is 5.46. The van der Waals surface area contributed by atoms with Crippen molar-refractivity contribution in [1.82, 2.24) is 4.90 Å². The number of nitrogens with zero attached hydrogens (tertiary/aromatic N) is 1. The van der Waals surface area contributed by atoms with E-state index in [1.54, 1.807) is 11.0 Å². The van der Waals surface area contributed by atoms with Gasteiger partial charge in [-0.2, -0.15) is 0 Å². The number of rotatable bonds is 5. The van der Waals surface area contributed by atoms with E-state index in [4.69, 9.17) is 21.8 Å². The molecule has 0 aromatic carbocycles. The van der Waals surface area contributed by atoms with E-state index in [1.807, 2.05) is 19.1 Å². The number of amides is 1.